The summed E-state index contributed by atoms with van der Waals surface area (Å²) >= 11 is 7.53. The van der Waals surface area contributed by atoms with Gasteiger partial charge in [-0.3, -0.25) is 4.79 Å². The van der Waals surface area contributed by atoms with E-state index in [1.807, 2.05) is 6.92 Å². The average molecular weight is 271 g/mol. The van der Waals surface area contributed by atoms with Gasteiger partial charge in [0, 0.05) is 10.6 Å². The number of rotatable bonds is 6. The van der Waals surface area contributed by atoms with Crippen LogP contribution in [0.25, 0.3) is 0 Å². The van der Waals surface area contributed by atoms with Crippen molar-refractivity contribution in [3.05, 3.63) is 34.9 Å². The standard InChI is InChI=1S/C14H19ClOS/c1-4-10(2)9-17-11(3)14(16)12-5-7-13(15)8-6-12/h5-8,10-11H,4,9H2,1-3H3. The highest BCUT2D eigenvalue weighted by Gasteiger charge is 2.16. The lowest BCUT2D eigenvalue weighted by Gasteiger charge is -2.13. The molecule has 0 aromatic heterocycles. The summed E-state index contributed by atoms with van der Waals surface area (Å²) in [6, 6.07) is 7.12. The molecule has 0 amide bonds. The molecule has 1 aromatic rings. The Balaban J connectivity index is 2.54. The Hall–Kier alpha value is -0.470. The van der Waals surface area contributed by atoms with Crippen LogP contribution in [0.4, 0.5) is 0 Å². The molecule has 0 spiro atoms. The molecule has 17 heavy (non-hydrogen) atoms. The number of thioether (sulfide) groups is 1. The Morgan fingerprint density at radius 1 is 1.29 bits per heavy atom. The van der Waals surface area contributed by atoms with Crippen molar-refractivity contribution in [2.75, 3.05) is 5.75 Å². The number of carbonyl (C=O) groups excluding carboxylic acids is 1. The molecule has 0 radical (unpaired) electrons. The quantitative estimate of drug-likeness (QED) is 0.698. The maximum atomic E-state index is 12.1. The lowest BCUT2D eigenvalue weighted by molar-refractivity contribution is 0.0994. The van der Waals surface area contributed by atoms with E-state index in [-0.39, 0.29) is 11.0 Å². The van der Waals surface area contributed by atoms with Crippen LogP contribution in [0.5, 0.6) is 0 Å². The third-order valence-corrected chi connectivity index (χ3v) is 4.55. The van der Waals surface area contributed by atoms with Gasteiger partial charge in [-0.1, -0.05) is 31.9 Å². The minimum atomic E-state index is 0.0187. The molecule has 94 valence electrons. The van der Waals surface area contributed by atoms with Crippen LogP contribution in [-0.4, -0.2) is 16.8 Å². The molecule has 0 aliphatic carbocycles. The minimum Gasteiger partial charge on any atom is -0.293 e. The highest BCUT2D eigenvalue weighted by molar-refractivity contribution is 8.00. The van der Waals surface area contributed by atoms with Crippen molar-refractivity contribution in [3.63, 3.8) is 0 Å². The van der Waals surface area contributed by atoms with Crippen molar-refractivity contribution in [2.24, 2.45) is 5.92 Å². The number of ketones is 1. The number of benzene rings is 1. The summed E-state index contributed by atoms with van der Waals surface area (Å²) in [6.07, 6.45) is 1.16. The molecule has 0 bridgehead atoms. The summed E-state index contributed by atoms with van der Waals surface area (Å²) < 4.78 is 0. The molecular formula is C14H19ClOS. The van der Waals surface area contributed by atoms with Crippen LogP contribution in [0.2, 0.25) is 5.02 Å². The monoisotopic (exact) mass is 270 g/mol. The third kappa shape index (κ3) is 4.72. The first-order valence-corrected chi connectivity index (χ1v) is 7.38. The van der Waals surface area contributed by atoms with Crippen molar-refractivity contribution < 1.29 is 4.79 Å². The van der Waals surface area contributed by atoms with E-state index in [2.05, 4.69) is 13.8 Å². The fourth-order valence-corrected chi connectivity index (χ4v) is 2.62. The molecule has 1 aromatic carbocycles. The molecule has 0 fully saturated rings. The summed E-state index contributed by atoms with van der Waals surface area (Å²) in [5, 5.41) is 0.687. The van der Waals surface area contributed by atoms with Gasteiger partial charge in [0.25, 0.3) is 0 Å². The predicted molar refractivity (Wildman–Crippen MR) is 77.2 cm³/mol. The van der Waals surface area contributed by atoms with Crippen molar-refractivity contribution in [3.8, 4) is 0 Å². The van der Waals surface area contributed by atoms with Crippen LogP contribution in [0.1, 0.15) is 37.6 Å². The first-order valence-electron chi connectivity index (χ1n) is 5.96. The SMILES string of the molecule is CCC(C)CSC(C)C(=O)c1ccc(Cl)cc1. The van der Waals surface area contributed by atoms with Crippen LogP contribution in [0.3, 0.4) is 0 Å². The second-order valence-corrected chi connectivity index (χ2v) is 6.17. The van der Waals surface area contributed by atoms with E-state index in [1.54, 1.807) is 36.0 Å². The van der Waals surface area contributed by atoms with Gasteiger partial charge in [-0.15, -0.1) is 0 Å². The number of halogens is 1. The van der Waals surface area contributed by atoms with E-state index in [0.717, 1.165) is 17.7 Å². The molecule has 2 unspecified atom stereocenters. The molecule has 2 atom stereocenters. The van der Waals surface area contributed by atoms with Crippen LogP contribution in [-0.2, 0) is 0 Å². The molecule has 0 aliphatic rings. The second kappa shape index (κ2) is 7.07. The Kier molecular flexibility index (Phi) is 6.07. The molecule has 3 heteroatoms. The first-order chi connectivity index (χ1) is 8.04. The first kappa shape index (κ1) is 14.6. The molecular weight excluding hydrogens is 252 g/mol. The topological polar surface area (TPSA) is 17.1 Å². The number of Topliss-reactive ketones (excluding diaryl/α,β-unsaturated/α-hetero) is 1. The summed E-state index contributed by atoms with van der Waals surface area (Å²) in [5.41, 5.74) is 0.749. The number of hydrogen-bond acceptors (Lipinski definition) is 2. The Bertz CT molecular complexity index is 361. The van der Waals surface area contributed by atoms with E-state index in [0.29, 0.717) is 10.9 Å². The fraction of sp³-hybridized carbons (Fsp3) is 0.500. The number of carbonyl (C=O) groups is 1. The van der Waals surface area contributed by atoms with Gasteiger partial charge in [0.2, 0.25) is 0 Å². The highest BCUT2D eigenvalue weighted by atomic mass is 35.5. The molecule has 1 nitrogen and oxygen atoms in total. The molecule has 0 saturated carbocycles. The van der Waals surface area contributed by atoms with Crippen molar-refractivity contribution >= 4 is 29.1 Å². The summed E-state index contributed by atoms with van der Waals surface area (Å²) in [6.45, 7) is 6.37. The van der Waals surface area contributed by atoms with E-state index < -0.39 is 0 Å². The zero-order valence-electron chi connectivity index (χ0n) is 10.6. The van der Waals surface area contributed by atoms with Gasteiger partial charge in [0.05, 0.1) is 5.25 Å². The van der Waals surface area contributed by atoms with Gasteiger partial charge in [-0.2, -0.15) is 11.8 Å². The summed E-state index contributed by atoms with van der Waals surface area (Å²) in [4.78, 5) is 12.1. The molecule has 0 aliphatic heterocycles. The molecule has 0 saturated heterocycles. The molecule has 1 rings (SSSR count). The molecule has 0 N–H and O–H groups in total. The minimum absolute atomic E-state index is 0.0187. The van der Waals surface area contributed by atoms with Crippen molar-refractivity contribution in [1.82, 2.24) is 0 Å². The average Bonchev–Trinajstić information content (AvgIpc) is 2.35. The van der Waals surface area contributed by atoms with Gasteiger partial charge < -0.3 is 0 Å². The van der Waals surface area contributed by atoms with Crippen LogP contribution in [0, 0.1) is 5.92 Å². The van der Waals surface area contributed by atoms with Gasteiger partial charge >= 0.3 is 0 Å². The van der Waals surface area contributed by atoms with Gasteiger partial charge in [-0.25, -0.2) is 0 Å². The number of hydrogen-bond donors (Lipinski definition) is 0. The van der Waals surface area contributed by atoms with E-state index in [1.165, 1.54) is 0 Å². The predicted octanol–water partition coefficient (Wildman–Crippen LogP) is 4.69. The Morgan fingerprint density at radius 3 is 2.41 bits per heavy atom. The van der Waals surface area contributed by atoms with Crippen molar-refractivity contribution in [2.45, 2.75) is 32.4 Å². The fourth-order valence-electron chi connectivity index (χ4n) is 1.35. The second-order valence-electron chi connectivity index (χ2n) is 4.36. The zero-order valence-corrected chi connectivity index (χ0v) is 12.1. The largest absolute Gasteiger partial charge is 0.293 e. The van der Waals surface area contributed by atoms with Gasteiger partial charge in [-0.05, 0) is 42.9 Å². The van der Waals surface area contributed by atoms with E-state index >= 15 is 0 Å². The summed E-state index contributed by atoms with van der Waals surface area (Å²) in [7, 11) is 0. The van der Waals surface area contributed by atoms with Gasteiger partial charge in [0.1, 0.15) is 0 Å². The normalized spacial score (nSPS) is 14.4. The molecule has 0 heterocycles. The van der Waals surface area contributed by atoms with Crippen LogP contribution in [0.15, 0.2) is 24.3 Å². The van der Waals surface area contributed by atoms with Crippen LogP contribution >= 0.6 is 23.4 Å². The zero-order chi connectivity index (χ0) is 12.8. The lowest BCUT2D eigenvalue weighted by atomic mass is 10.1. The highest BCUT2D eigenvalue weighted by Crippen LogP contribution is 2.21. The Labute approximate surface area is 113 Å². The maximum absolute atomic E-state index is 12.1. The lowest BCUT2D eigenvalue weighted by Crippen LogP contribution is -2.15. The maximum Gasteiger partial charge on any atom is 0.175 e. The van der Waals surface area contributed by atoms with E-state index in [9.17, 15) is 4.79 Å². The van der Waals surface area contributed by atoms with Gasteiger partial charge in [0.15, 0.2) is 5.78 Å². The van der Waals surface area contributed by atoms with Crippen LogP contribution < -0.4 is 0 Å². The van der Waals surface area contributed by atoms with Crippen molar-refractivity contribution in [1.29, 1.82) is 0 Å². The smallest absolute Gasteiger partial charge is 0.175 e. The summed E-state index contributed by atoms with van der Waals surface area (Å²) in [5.74, 6) is 1.90. The third-order valence-electron chi connectivity index (χ3n) is 2.83. The Morgan fingerprint density at radius 2 is 1.88 bits per heavy atom. The van der Waals surface area contributed by atoms with E-state index in [4.69, 9.17) is 11.6 Å².